The van der Waals surface area contributed by atoms with E-state index in [1.54, 1.807) is 17.0 Å². The fraction of sp³-hybridized carbons (Fsp3) is 0.192. The van der Waals surface area contributed by atoms with Crippen molar-refractivity contribution in [3.05, 3.63) is 96.6 Å². The number of amides is 2. The van der Waals surface area contributed by atoms with Crippen molar-refractivity contribution in [2.24, 2.45) is 4.99 Å². The zero-order chi connectivity index (χ0) is 22.2. The van der Waals surface area contributed by atoms with Crippen LogP contribution in [0.5, 0.6) is 0 Å². The van der Waals surface area contributed by atoms with Crippen LogP contribution in [0.4, 0.5) is 11.4 Å². The van der Waals surface area contributed by atoms with Crippen molar-refractivity contribution < 1.29 is 9.59 Å². The molecule has 0 unspecified atom stereocenters. The van der Waals surface area contributed by atoms with Gasteiger partial charge < -0.3 is 5.32 Å². The lowest BCUT2D eigenvalue weighted by atomic mass is 10.1. The molecule has 0 radical (unpaired) electrons. The van der Waals surface area contributed by atoms with E-state index in [1.165, 1.54) is 11.8 Å². The first kappa shape index (κ1) is 21.8. The van der Waals surface area contributed by atoms with E-state index in [0.29, 0.717) is 17.3 Å². The van der Waals surface area contributed by atoms with E-state index in [0.717, 1.165) is 30.6 Å². The lowest BCUT2D eigenvalue weighted by molar-refractivity contribution is -0.117. The molecule has 1 heterocycles. The van der Waals surface area contributed by atoms with Crippen LogP contribution >= 0.6 is 11.8 Å². The molecule has 2 amide bonds. The maximum Gasteiger partial charge on any atom is 0.251 e. The van der Waals surface area contributed by atoms with E-state index >= 15 is 0 Å². The summed E-state index contributed by atoms with van der Waals surface area (Å²) in [7, 11) is 0. The second-order valence-electron chi connectivity index (χ2n) is 7.46. The number of benzene rings is 3. The van der Waals surface area contributed by atoms with E-state index in [1.807, 2.05) is 78.9 Å². The number of anilines is 1. The summed E-state index contributed by atoms with van der Waals surface area (Å²) in [5, 5.41) is 3.47. The molecular formula is C26H25N3O2S. The van der Waals surface area contributed by atoms with Crippen molar-refractivity contribution in [3.63, 3.8) is 0 Å². The normalized spacial score (nSPS) is 17.0. The summed E-state index contributed by atoms with van der Waals surface area (Å²) in [6.07, 6.45) is 2.40. The van der Waals surface area contributed by atoms with Gasteiger partial charge in [0.15, 0.2) is 5.17 Å². The molecule has 1 aliphatic heterocycles. The Bertz CT molecular complexity index is 1070. The zero-order valence-electron chi connectivity index (χ0n) is 17.7. The van der Waals surface area contributed by atoms with Crippen molar-refractivity contribution in [2.45, 2.75) is 24.5 Å². The van der Waals surface area contributed by atoms with Gasteiger partial charge in [0.1, 0.15) is 0 Å². The Kier molecular flexibility index (Phi) is 7.35. The first-order chi connectivity index (χ1) is 15.7. The molecule has 3 aromatic carbocycles. The van der Waals surface area contributed by atoms with E-state index in [9.17, 15) is 9.59 Å². The van der Waals surface area contributed by atoms with Crippen LogP contribution in [-0.4, -0.2) is 28.8 Å². The van der Waals surface area contributed by atoms with Gasteiger partial charge in [-0.25, -0.2) is 4.99 Å². The second-order valence-corrected chi connectivity index (χ2v) is 8.63. The SMILES string of the molecule is O=C(NCCCC[C@@H]1SC(=Nc2ccccc2)N(c2ccccc2)C1=O)c1ccccc1. The van der Waals surface area contributed by atoms with Gasteiger partial charge in [-0.05, 0) is 49.2 Å². The third kappa shape index (κ3) is 5.45. The summed E-state index contributed by atoms with van der Waals surface area (Å²) in [5.41, 5.74) is 2.32. The smallest absolute Gasteiger partial charge is 0.251 e. The molecule has 6 heteroatoms. The number of nitrogens with zero attached hydrogens (tertiary/aromatic N) is 2. The first-order valence-corrected chi connectivity index (χ1v) is 11.6. The Balaban J connectivity index is 1.36. The topological polar surface area (TPSA) is 61.8 Å². The zero-order valence-corrected chi connectivity index (χ0v) is 18.5. The van der Waals surface area contributed by atoms with E-state index in [4.69, 9.17) is 4.99 Å². The maximum atomic E-state index is 13.2. The predicted molar refractivity (Wildman–Crippen MR) is 131 cm³/mol. The highest BCUT2D eigenvalue weighted by Gasteiger charge is 2.38. The minimum atomic E-state index is -0.178. The van der Waals surface area contributed by atoms with Gasteiger partial charge in [0.05, 0.1) is 16.6 Å². The molecule has 1 aliphatic rings. The van der Waals surface area contributed by atoms with Crippen LogP contribution in [0.15, 0.2) is 96.0 Å². The summed E-state index contributed by atoms with van der Waals surface area (Å²) < 4.78 is 0. The standard InChI is InChI=1S/C26H25N3O2S/c30-24(20-12-4-1-5-13-20)27-19-11-10-18-23-25(31)29(22-16-8-3-9-17-22)26(32-23)28-21-14-6-2-7-15-21/h1-9,12-17,23H,10-11,18-19H2,(H,27,30)/t23-/m0/s1. The summed E-state index contributed by atoms with van der Waals surface area (Å²) in [4.78, 5) is 31.8. The monoisotopic (exact) mass is 443 g/mol. The molecule has 0 aliphatic carbocycles. The van der Waals surface area contributed by atoms with Crippen molar-refractivity contribution >= 4 is 40.1 Å². The van der Waals surface area contributed by atoms with E-state index < -0.39 is 0 Å². The Hall–Kier alpha value is -3.38. The predicted octanol–water partition coefficient (Wildman–Crippen LogP) is 5.42. The fourth-order valence-corrected chi connectivity index (χ4v) is 4.71. The van der Waals surface area contributed by atoms with Crippen LogP contribution < -0.4 is 10.2 Å². The molecule has 1 fully saturated rings. The van der Waals surface area contributed by atoms with Gasteiger partial charge >= 0.3 is 0 Å². The number of thioether (sulfide) groups is 1. The Morgan fingerprint density at radius 1 is 0.875 bits per heavy atom. The number of unbranched alkanes of at least 4 members (excludes halogenated alkanes) is 1. The number of para-hydroxylation sites is 2. The highest BCUT2D eigenvalue weighted by Crippen LogP contribution is 2.35. The summed E-state index contributed by atoms with van der Waals surface area (Å²) in [5.74, 6) is -0.00588. The molecule has 4 rings (SSSR count). The van der Waals surface area contributed by atoms with E-state index in [2.05, 4.69) is 5.32 Å². The Morgan fingerprint density at radius 2 is 1.50 bits per heavy atom. The maximum absolute atomic E-state index is 13.2. The minimum Gasteiger partial charge on any atom is -0.352 e. The number of carbonyl (C=O) groups excluding carboxylic acids is 2. The molecule has 1 atom stereocenters. The number of hydrogen-bond donors (Lipinski definition) is 1. The number of hydrogen-bond acceptors (Lipinski definition) is 4. The van der Waals surface area contributed by atoms with Crippen LogP contribution in [0.2, 0.25) is 0 Å². The van der Waals surface area contributed by atoms with Crippen LogP contribution in [-0.2, 0) is 4.79 Å². The minimum absolute atomic E-state index is 0.0594. The van der Waals surface area contributed by atoms with Gasteiger partial charge in [0.2, 0.25) is 5.91 Å². The quantitative estimate of drug-likeness (QED) is 0.473. The number of carbonyl (C=O) groups is 2. The van der Waals surface area contributed by atoms with Crippen LogP contribution in [0.1, 0.15) is 29.6 Å². The molecule has 1 saturated heterocycles. The molecular weight excluding hydrogens is 418 g/mol. The van der Waals surface area contributed by atoms with Gasteiger partial charge in [-0.3, -0.25) is 14.5 Å². The number of rotatable bonds is 8. The van der Waals surface area contributed by atoms with Gasteiger partial charge in [-0.2, -0.15) is 0 Å². The molecule has 3 aromatic rings. The number of aliphatic imine (C=N–C) groups is 1. The molecule has 162 valence electrons. The van der Waals surface area contributed by atoms with E-state index in [-0.39, 0.29) is 17.1 Å². The van der Waals surface area contributed by atoms with Crippen molar-refractivity contribution in [2.75, 3.05) is 11.4 Å². The lowest BCUT2D eigenvalue weighted by Gasteiger charge is -2.16. The lowest BCUT2D eigenvalue weighted by Crippen LogP contribution is -2.32. The van der Waals surface area contributed by atoms with Crippen molar-refractivity contribution in [1.82, 2.24) is 5.32 Å². The Labute approximate surface area is 192 Å². The largest absolute Gasteiger partial charge is 0.352 e. The highest BCUT2D eigenvalue weighted by atomic mass is 32.2. The molecule has 0 saturated carbocycles. The molecule has 5 nitrogen and oxygen atoms in total. The van der Waals surface area contributed by atoms with Crippen LogP contribution in [0, 0.1) is 0 Å². The molecule has 0 bridgehead atoms. The van der Waals surface area contributed by atoms with Gasteiger partial charge in [-0.15, -0.1) is 0 Å². The molecule has 0 spiro atoms. The highest BCUT2D eigenvalue weighted by molar-refractivity contribution is 8.16. The van der Waals surface area contributed by atoms with Gasteiger partial charge in [-0.1, -0.05) is 72.8 Å². The second kappa shape index (κ2) is 10.8. The summed E-state index contributed by atoms with van der Waals surface area (Å²) in [6, 6.07) is 28.5. The first-order valence-electron chi connectivity index (χ1n) is 10.7. The number of nitrogens with one attached hydrogen (secondary N) is 1. The fourth-order valence-electron chi connectivity index (χ4n) is 3.50. The average Bonchev–Trinajstić information content (AvgIpc) is 3.15. The van der Waals surface area contributed by atoms with Crippen molar-refractivity contribution in [1.29, 1.82) is 0 Å². The van der Waals surface area contributed by atoms with Gasteiger partial charge in [0.25, 0.3) is 5.91 Å². The van der Waals surface area contributed by atoms with Gasteiger partial charge in [0, 0.05) is 12.1 Å². The van der Waals surface area contributed by atoms with Crippen LogP contribution in [0.25, 0.3) is 0 Å². The third-order valence-electron chi connectivity index (χ3n) is 5.14. The number of amidine groups is 1. The molecule has 32 heavy (non-hydrogen) atoms. The average molecular weight is 444 g/mol. The molecule has 0 aromatic heterocycles. The Morgan fingerprint density at radius 3 is 2.19 bits per heavy atom. The summed E-state index contributed by atoms with van der Waals surface area (Å²) >= 11 is 1.52. The van der Waals surface area contributed by atoms with Crippen molar-refractivity contribution in [3.8, 4) is 0 Å². The third-order valence-corrected chi connectivity index (χ3v) is 6.35. The molecule has 1 N–H and O–H groups in total. The summed E-state index contributed by atoms with van der Waals surface area (Å²) in [6.45, 7) is 0.590. The van der Waals surface area contributed by atoms with Crippen LogP contribution in [0.3, 0.4) is 0 Å².